The number of hydrogen-bond acceptors (Lipinski definition) is 4. The molecular formula is C30H34N4OS. The fraction of sp³-hybridized carbons (Fsp3) is 0.333. The van der Waals surface area contributed by atoms with E-state index in [0.717, 1.165) is 72.4 Å². The number of amides is 1. The number of piperazine rings is 1. The summed E-state index contributed by atoms with van der Waals surface area (Å²) in [6.45, 7) is 10.6. The lowest BCUT2D eigenvalue weighted by atomic mass is 10.1. The number of para-hydroxylation sites is 1. The molecule has 2 aromatic heterocycles. The first-order valence-corrected chi connectivity index (χ1v) is 13.7. The molecule has 1 fully saturated rings. The molecule has 0 spiro atoms. The number of hydrogen-bond donors (Lipinski definition) is 0. The molecule has 1 aliphatic heterocycles. The summed E-state index contributed by atoms with van der Waals surface area (Å²) in [5.41, 5.74) is 6.17. The topological polar surface area (TPSA) is 41.4 Å². The van der Waals surface area contributed by atoms with E-state index >= 15 is 0 Å². The number of aromatic nitrogens is 2. The van der Waals surface area contributed by atoms with Crippen LogP contribution in [0.2, 0.25) is 0 Å². The Hall–Kier alpha value is -3.38. The van der Waals surface area contributed by atoms with Crippen LogP contribution in [0.3, 0.4) is 0 Å². The van der Waals surface area contributed by atoms with Crippen molar-refractivity contribution in [1.82, 2.24) is 14.5 Å². The normalized spacial score (nSPS) is 14.0. The van der Waals surface area contributed by atoms with Gasteiger partial charge in [-0.15, -0.1) is 11.3 Å². The Morgan fingerprint density at radius 3 is 2.31 bits per heavy atom. The number of anilines is 1. The fourth-order valence-electron chi connectivity index (χ4n) is 4.83. The molecule has 6 heteroatoms. The highest BCUT2D eigenvalue weighted by molar-refractivity contribution is 7.13. The maximum Gasteiger partial charge on any atom is 0.255 e. The standard InChI is InChI=1S/C30H34N4OS/c1-22(2)14-15-34-23(3)26(20-28(34)27-21-36-29(31-27)24-10-6-4-7-11-24)30(35)33-18-16-32(17-19-33)25-12-8-5-9-13-25/h4-13,20-22H,14-19H2,1-3H3. The van der Waals surface area contributed by atoms with Crippen molar-refractivity contribution < 1.29 is 4.79 Å². The molecule has 1 aliphatic rings. The molecule has 36 heavy (non-hydrogen) atoms. The zero-order chi connectivity index (χ0) is 25.1. The summed E-state index contributed by atoms with van der Waals surface area (Å²) in [5.74, 6) is 0.712. The zero-order valence-electron chi connectivity index (χ0n) is 21.4. The minimum absolute atomic E-state index is 0.128. The van der Waals surface area contributed by atoms with Gasteiger partial charge in [-0.1, -0.05) is 62.4 Å². The van der Waals surface area contributed by atoms with E-state index in [-0.39, 0.29) is 5.91 Å². The number of rotatable bonds is 7. The molecule has 0 bridgehead atoms. The highest BCUT2D eigenvalue weighted by Crippen LogP contribution is 2.32. The maximum absolute atomic E-state index is 13.7. The second kappa shape index (κ2) is 10.7. The number of nitrogens with zero attached hydrogens (tertiary/aromatic N) is 4. The van der Waals surface area contributed by atoms with Gasteiger partial charge in [-0.05, 0) is 37.5 Å². The number of carbonyl (C=O) groups is 1. The van der Waals surface area contributed by atoms with Gasteiger partial charge in [0, 0.05) is 55.0 Å². The summed E-state index contributed by atoms with van der Waals surface area (Å²) in [6.07, 6.45) is 1.06. The SMILES string of the molecule is Cc1c(C(=O)N2CCN(c3ccccc3)CC2)cc(-c2csc(-c3ccccc3)n2)n1CCC(C)C. The first-order chi connectivity index (χ1) is 17.5. The van der Waals surface area contributed by atoms with E-state index in [1.807, 2.05) is 29.2 Å². The average molecular weight is 499 g/mol. The highest BCUT2D eigenvalue weighted by Gasteiger charge is 2.27. The van der Waals surface area contributed by atoms with Gasteiger partial charge >= 0.3 is 0 Å². The molecular weight excluding hydrogens is 464 g/mol. The Morgan fingerprint density at radius 1 is 0.972 bits per heavy atom. The Labute approximate surface area is 218 Å². The largest absolute Gasteiger partial charge is 0.368 e. The number of thiazole rings is 1. The van der Waals surface area contributed by atoms with Crippen LogP contribution in [0.1, 0.15) is 36.3 Å². The van der Waals surface area contributed by atoms with Crippen LogP contribution >= 0.6 is 11.3 Å². The van der Waals surface area contributed by atoms with Gasteiger partial charge in [0.05, 0.1) is 17.0 Å². The molecule has 1 saturated heterocycles. The molecule has 1 amide bonds. The molecule has 4 aromatic rings. The summed E-state index contributed by atoms with van der Waals surface area (Å²) < 4.78 is 2.30. The Kier molecular flexibility index (Phi) is 7.23. The summed E-state index contributed by atoms with van der Waals surface area (Å²) in [5, 5.41) is 3.13. The molecule has 5 nitrogen and oxygen atoms in total. The minimum atomic E-state index is 0.128. The van der Waals surface area contributed by atoms with E-state index in [2.05, 4.69) is 78.1 Å². The lowest BCUT2D eigenvalue weighted by Crippen LogP contribution is -2.48. The molecule has 0 aliphatic carbocycles. The second-order valence-electron chi connectivity index (χ2n) is 9.88. The predicted octanol–water partition coefficient (Wildman–Crippen LogP) is 6.60. The molecule has 186 valence electrons. The monoisotopic (exact) mass is 498 g/mol. The van der Waals surface area contributed by atoms with Gasteiger partial charge in [0.2, 0.25) is 0 Å². The zero-order valence-corrected chi connectivity index (χ0v) is 22.2. The lowest BCUT2D eigenvalue weighted by Gasteiger charge is -2.36. The van der Waals surface area contributed by atoms with Crippen molar-refractivity contribution in [1.29, 1.82) is 0 Å². The van der Waals surface area contributed by atoms with Crippen LogP contribution in [-0.4, -0.2) is 46.5 Å². The van der Waals surface area contributed by atoms with Crippen molar-refractivity contribution in [3.05, 3.63) is 83.4 Å². The van der Waals surface area contributed by atoms with Gasteiger partial charge in [-0.3, -0.25) is 4.79 Å². The van der Waals surface area contributed by atoms with Crippen molar-refractivity contribution in [2.45, 2.75) is 33.7 Å². The molecule has 0 saturated carbocycles. The quantitative estimate of drug-likeness (QED) is 0.288. The molecule has 0 atom stereocenters. The average Bonchev–Trinajstić information content (AvgIpc) is 3.53. The summed E-state index contributed by atoms with van der Waals surface area (Å²) >= 11 is 1.65. The highest BCUT2D eigenvalue weighted by atomic mass is 32.1. The van der Waals surface area contributed by atoms with Crippen molar-refractivity contribution in [2.24, 2.45) is 5.92 Å². The molecule has 0 unspecified atom stereocenters. The molecule has 0 N–H and O–H groups in total. The van der Waals surface area contributed by atoms with Crippen LogP contribution in [0.15, 0.2) is 72.1 Å². The fourth-order valence-corrected chi connectivity index (χ4v) is 5.65. The van der Waals surface area contributed by atoms with Crippen LogP contribution in [0.25, 0.3) is 22.0 Å². The Balaban J connectivity index is 1.40. The van der Waals surface area contributed by atoms with E-state index in [1.54, 1.807) is 11.3 Å². The lowest BCUT2D eigenvalue weighted by molar-refractivity contribution is 0.0746. The summed E-state index contributed by atoms with van der Waals surface area (Å²) in [7, 11) is 0. The van der Waals surface area contributed by atoms with Gasteiger partial charge in [-0.2, -0.15) is 0 Å². The summed E-state index contributed by atoms with van der Waals surface area (Å²) in [4.78, 5) is 23.0. The van der Waals surface area contributed by atoms with Crippen LogP contribution < -0.4 is 4.90 Å². The summed E-state index contributed by atoms with van der Waals surface area (Å²) in [6, 6.07) is 22.8. The van der Waals surface area contributed by atoms with Crippen LogP contribution in [0.4, 0.5) is 5.69 Å². The van der Waals surface area contributed by atoms with E-state index in [0.29, 0.717) is 5.92 Å². The van der Waals surface area contributed by atoms with E-state index in [4.69, 9.17) is 4.98 Å². The third kappa shape index (κ3) is 5.09. The van der Waals surface area contributed by atoms with E-state index in [1.165, 1.54) is 5.69 Å². The maximum atomic E-state index is 13.7. The minimum Gasteiger partial charge on any atom is -0.368 e. The molecule has 5 rings (SSSR count). The third-order valence-corrected chi connectivity index (χ3v) is 7.89. The smallest absolute Gasteiger partial charge is 0.255 e. The van der Waals surface area contributed by atoms with Crippen LogP contribution in [0.5, 0.6) is 0 Å². The molecule has 2 aromatic carbocycles. The second-order valence-corrected chi connectivity index (χ2v) is 10.7. The molecule has 3 heterocycles. The number of benzene rings is 2. The van der Waals surface area contributed by atoms with Crippen molar-refractivity contribution in [3.63, 3.8) is 0 Å². The van der Waals surface area contributed by atoms with Crippen molar-refractivity contribution in [3.8, 4) is 22.0 Å². The number of carbonyl (C=O) groups excluding carboxylic acids is 1. The van der Waals surface area contributed by atoms with Crippen LogP contribution in [-0.2, 0) is 6.54 Å². The van der Waals surface area contributed by atoms with Crippen LogP contribution in [0, 0.1) is 12.8 Å². The third-order valence-electron chi connectivity index (χ3n) is 7.00. The first kappa shape index (κ1) is 24.3. The van der Waals surface area contributed by atoms with Gasteiger partial charge in [0.1, 0.15) is 5.01 Å². The van der Waals surface area contributed by atoms with Gasteiger partial charge in [-0.25, -0.2) is 4.98 Å². The van der Waals surface area contributed by atoms with E-state index < -0.39 is 0 Å². The van der Waals surface area contributed by atoms with Gasteiger partial charge in [0.15, 0.2) is 0 Å². The van der Waals surface area contributed by atoms with Gasteiger partial charge < -0.3 is 14.4 Å². The first-order valence-electron chi connectivity index (χ1n) is 12.8. The Morgan fingerprint density at radius 2 is 1.64 bits per heavy atom. The van der Waals surface area contributed by atoms with E-state index in [9.17, 15) is 4.79 Å². The predicted molar refractivity (Wildman–Crippen MR) is 150 cm³/mol. The van der Waals surface area contributed by atoms with Crippen molar-refractivity contribution >= 4 is 22.9 Å². The molecule has 0 radical (unpaired) electrons. The van der Waals surface area contributed by atoms with Crippen molar-refractivity contribution in [2.75, 3.05) is 31.1 Å². The Bertz CT molecular complexity index is 1300. The van der Waals surface area contributed by atoms with Gasteiger partial charge in [0.25, 0.3) is 5.91 Å².